The standard InChI is InChI=1S/C9H16N2/c1-9(5-6-9)11-7-3-2-4-8(11)10/h10H,2-7H2,1H3. The number of amidine groups is 1. The number of likely N-dealkylation sites (tertiary alicyclic amines) is 1. The topological polar surface area (TPSA) is 27.1 Å². The van der Waals surface area contributed by atoms with Gasteiger partial charge in [0, 0.05) is 18.5 Å². The molecule has 1 heterocycles. The van der Waals surface area contributed by atoms with Crippen molar-refractivity contribution in [3.05, 3.63) is 0 Å². The van der Waals surface area contributed by atoms with Gasteiger partial charge in [-0.05, 0) is 32.6 Å². The second-order valence-electron chi connectivity index (χ2n) is 4.05. The molecule has 0 bridgehead atoms. The maximum atomic E-state index is 7.77. The first kappa shape index (κ1) is 7.14. The van der Waals surface area contributed by atoms with E-state index in [0.717, 1.165) is 18.8 Å². The third kappa shape index (κ3) is 1.15. The molecule has 11 heavy (non-hydrogen) atoms. The summed E-state index contributed by atoms with van der Waals surface area (Å²) in [5.41, 5.74) is 0.400. The molecule has 1 saturated heterocycles. The van der Waals surface area contributed by atoms with Crippen LogP contribution < -0.4 is 0 Å². The highest BCUT2D eigenvalue weighted by atomic mass is 15.3. The maximum absolute atomic E-state index is 7.77. The Morgan fingerprint density at radius 1 is 1.36 bits per heavy atom. The summed E-state index contributed by atoms with van der Waals surface area (Å²) in [5.74, 6) is 0.885. The third-order valence-electron chi connectivity index (χ3n) is 3.00. The van der Waals surface area contributed by atoms with Gasteiger partial charge in [0.2, 0.25) is 0 Å². The van der Waals surface area contributed by atoms with E-state index in [4.69, 9.17) is 5.41 Å². The van der Waals surface area contributed by atoms with E-state index in [2.05, 4.69) is 11.8 Å². The normalized spacial score (nSPS) is 28.8. The van der Waals surface area contributed by atoms with Gasteiger partial charge in [-0.15, -0.1) is 0 Å². The zero-order chi connectivity index (χ0) is 7.90. The van der Waals surface area contributed by atoms with Crippen molar-refractivity contribution in [2.24, 2.45) is 0 Å². The Labute approximate surface area is 68.1 Å². The van der Waals surface area contributed by atoms with Crippen molar-refractivity contribution in [3.63, 3.8) is 0 Å². The van der Waals surface area contributed by atoms with Crippen LogP contribution in [0.5, 0.6) is 0 Å². The van der Waals surface area contributed by atoms with E-state index in [0.29, 0.717) is 5.54 Å². The molecule has 2 heteroatoms. The maximum Gasteiger partial charge on any atom is 0.0962 e. The molecule has 0 unspecified atom stereocenters. The minimum Gasteiger partial charge on any atom is -0.355 e. The van der Waals surface area contributed by atoms with Crippen LogP contribution in [-0.4, -0.2) is 22.8 Å². The number of hydrogen-bond acceptors (Lipinski definition) is 1. The summed E-state index contributed by atoms with van der Waals surface area (Å²) in [4.78, 5) is 2.32. The number of hydrogen-bond donors (Lipinski definition) is 1. The van der Waals surface area contributed by atoms with Crippen molar-refractivity contribution in [2.45, 2.75) is 44.6 Å². The Morgan fingerprint density at radius 2 is 2.09 bits per heavy atom. The van der Waals surface area contributed by atoms with Gasteiger partial charge in [0.1, 0.15) is 0 Å². The van der Waals surface area contributed by atoms with E-state index in [1.54, 1.807) is 0 Å². The Morgan fingerprint density at radius 3 is 2.64 bits per heavy atom. The van der Waals surface area contributed by atoms with Gasteiger partial charge in [-0.1, -0.05) is 0 Å². The van der Waals surface area contributed by atoms with Crippen molar-refractivity contribution in [1.82, 2.24) is 4.90 Å². The Kier molecular flexibility index (Phi) is 1.44. The van der Waals surface area contributed by atoms with Crippen LogP contribution >= 0.6 is 0 Å². The molecule has 0 aromatic rings. The summed E-state index contributed by atoms with van der Waals surface area (Å²) in [6.07, 6.45) is 6.13. The van der Waals surface area contributed by atoms with Crippen LogP contribution in [0.1, 0.15) is 39.0 Å². The molecular formula is C9H16N2. The first-order chi connectivity index (χ1) is 5.22. The summed E-state index contributed by atoms with van der Waals surface area (Å²) >= 11 is 0. The molecule has 0 atom stereocenters. The number of nitrogens with one attached hydrogen (secondary N) is 1. The van der Waals surface area contributed by atoms with Crippen molar-refractivity contribution in [1.29, 1.82) is 5.41 Å². The number of nitrogens with zero attached hydrogens (tertiary/aromatic N) is 1. The van der Waals surface area contributed by atoms with Crippen LogP contribution in [0, 0.1) is 5.41 Å². The summed E-state index contributed by atoms with van der Waals surface area (Å²) in [6, 6.07) is 0. The van der Waals surface area contributed by atoms with Gasteiger partial charge >= 0.3 is 0 Å². The van der Waals surface area contributed by atoms with E-state index in [9.17, 15) is 0 Å². The molecule has 1 N–H and O–H groups in total. The quantitative estimate of drug-likeness (QED) is 0.611. The average Bonchev–Trinajstić information content (AvgIpc) is 2.70. The lowest BCUT2D eigenvalue weighted by atomic mass is 10.1. The fraction of sp³-hybridized carbons (Fsp3) is 0.889. The lowest BCUT2D eigenvalue weighted by Crippen LogP contribution is -2.42. The first-order valence-corrected chi connectivity index (χ1v) is 4.57. The van der Waals surface area contributed by atoms with Gasteiger partial charge in [-0.3, -0.25) is 5.41 Å². The second kappa shape index (κ2) is 2.23. The first-order valence-electron chi connectivity index (χ1n) is 4.57. The van der Waals surface area contributed by atoms with Gasteiger partial charge in [0.15, 0.2) is 0 Å². The molecule has 2 rings (SSSR count). The predicted molar refractivity (Wildman–Crippen MR) is 45.9 cm³/mol. The summed E-state index contributed by atoms with van der Waals surface area (Å²) in [7, 11) is 0. The molecule has 0 spiro atoms. The van der Waals surface area contributed by atoms with Crippen molar-refractivity contribution in [2.75, 3.05) is 6.54 Å². The Hall–Kier alpha value is -0.530. The van der Waals surface area contributed by atoms with Crippen molar-refractivity contribution < 1.29 is 0 Å². The van der Waals surface area contributed by atoms with E-state index < -0.39 is 0 Å². The summed E-state index contributed by atoms with van der Waals surface area (Å²) < 4.78 is 0. The lowest BCUT2D eigenvalue weighted by Gasteiger charge is -2.35. The summed E-state index contributed by atoms with van der Waals surface area (Å²) in [6.45, 7) is 3.42. The zero-order valence-electron chi connectivity index (χ0n) is 7.19. The van der Waals surface area contributed by atoms with Gasteiger partial charge in [-0.25, -0.2) is 0 Å². The van der Waals surface area contributed by atoms with Gasteiger partial charge in [-0.2, -0.15) is 0 Å². The number of rotatable bonds is 1. The summed E-state index contributed by atoms with van der Waals surface area (Å²) in [5, 5.41) is 7.77. The SMILES string of the molecule is CC1(N2CCCCC2=N)CC1. The Balaban J connectivity index is 2.05. The highest BCUT2D eigenvalue weighted by molar-refractivity contribution is 5.80. The highest BCUT2D eigenvalue weighted by Crippen LogP contribution is 2.42. The molecule has 62 valence electrons. The fourth-order valence-corrected chi connectivity index (χ4v) is 1.88. The van der Waals surface area contributed by atoms with Crippen LogP contribution in [0.2, 0.25) is 0 Å². The van der Waals surface area contributed by atoms with E-state index in [-0.39, 0.29) is 0 Å². The molecule has 2 fully saturated rings. The van der Waals surface area contributed by atoms with Gasteiger partial charge in [0.25, 0.3) is 0 Å². The third-order valence-corrected chi connectivity index (χ3v) is 3.00. The zero-order valence-corrected chi connectivity index (χ0v) is 7.19. The molecule has 2 nitrogen and oxygen atoms in total. The van der Waals surface area contributed by atoms with E-state index in [1.165, 1.54) is 25.7 Å². The molecule has 0 amide bonds. The lowest BCUT2D eigenvalue weighted by molar-refractivity contribution is 0.277. The monoisotopic (exact) mass is 152 g/mol. The highest BCUT2D eigenvalue weighted by Gasteiger charge is 2.44. The molecule has 1 aliphatic heterocycles. The molecular weight excluding hydrogens is 136 g/mol. The van der Waals surface area contributed by atoms with Crippen LogP contribution in [0.15, 0.2) is 0 Å². The molecule has 0 radical (unpaired) electrons. The molecule has 2 aliphatic rings. The van der Waals surface area contributed by atoms with Crippen LogP contribution in [0.4, 0.5) is 0 Å². The van der Waals surface area contributed by atoms with Crippen molar-refractivity contribution >= 4 is 5.84 Å². The number of piperidine rings is 1. The van der Waals surface area contributed by atoms with Crippen LogP contribution in [0.3, 0.4) is 0 Å². The van der Waals surface area contributed by atoms with E-state index >= 15 is 0 Å². The minimum absolute atomic E-state index is 0.400. The predicted octanol–water partition coefficient (Wildman–Crippen LogP) is 2.00. The fourth-order valence-electron chi connectivity index (χ4n) is 1.88. The van der Waals surface area contributed by atoms with Gasteiger partial charge in [0.05, 0.1) is 5.84 Å². The van der Waals surface area contributed by atoms with Crippen LogP contribution in [0.25, 0.3) is 0 Å². The molecule has 0 aromatic carbocycles. The molecule has 1 aliphatic carbocycles. The van der Waals surface area contributed by atoms with Crippen LogP contribution in [-0.2, 0) is 0 Å². The minimum atomic E-state index is 0.400. The second-order valence-corrected chi connectivity index (χ2v) is 4.05. The smallest absolute Gasteiger partial charge is 0.0962 e. The molecule has 1 saturated carbocycles. The Bertz CT molecular complexity index is 182. The average molecular weight is 152 g/mol. The van der Waals surface area contributed by atoms with Gasteiger partial charge < -0.3 is 4.90 Å². The largest absolute Gasteiger partial charge is 0.355 e. The molecule has 0 aromatic heterocycles. The van der Waals surface area contributed by atoms with Crippen molar-refractivity contribution in [3.8, 4) is 0 Å². The van der Waals surface area contributed by atoms with E-state index in [1.807, 2.05) is 0 Å².